The zero-order valence-corrected chi connectivity index (χ0v) is 16.3. The average Bonchev–Trinajstić information content (AvgIpc) is 3.56. The van der Waals surface area contributed by atoms with E-state index in [0.29, 0.717) is 17.9 Å². The van der Waals surface area contributed by atoms with Crippen LogP contribution in [0.3, 0.4) is 0 Å². The van der Waals surface area contributed by atoms with Crippen molar-refractivity contribution >= 4 is 28.5 Å². The highest BCUT2D eigenvalue weighted by Gasteiger charge is 2.25. The van der Waals surface area contributed by atoms with Crippen molar-refractivity contribution < 1.29 is 9.59 Å². The average molecular weight is 388 g/mol. The number of aromatic nitrogens is 1. The molecule has 4 rings (SSSR count). The van der Waals surface area contributed by atoms with E-state index in [-0.39, 0.29) is 17.9 Å². The van der Waals surface area contributed by atoms with Crippen molar-refractivity contribution in [2.45, 2.75) is 38.4 Å². The van der Waals surface area contributed by atoms with Gasteiger partial charge in [-0.25, -0.2) is 4.98 Å². The van der Waals surface area contributed by atoms with E-state index in [9.17, 15) is 9.59 Å². The minimum atomic E-state index is -0.494. The fourth-order valence-corrected chi connectivity index (χ4v) is 3.15. The Morgan fingerprint density at radius 1 is 1.07 bits per heavy atom. The lowest BCUT2D eigenvalue weighted by molar-refractivity contribution is -0.121. The van der Waals surface area contributed by atoms with E-state index in [1.165, 1.54) is 0 Å². The first-order valence-corrected chi connectivity index (χ1v) is 9.89. The van der Waals surface area contributed by atoms with Gasteiger partial charge in [0.1, 0.15) is 11.9 Å². The van der Waals surface area contributed by atoms with Gasteiger partial charge in [-0.05, 0) is 37.5 Å². The molecule has 1 atom stereocenters. The molecule has 0 radical (unpaired) electrons. The number of fused-ring (bicyclic) bond motifs is 1. The van der Waals surface area contributed by atoms with Crippen LogP contribution in [-0.2, 0) is 11.3 Å². The molecule has 1 heterocycles. The fraction of sp³-hybridized carbons (Fsp3) is 0.261. The molecule has 0 bridgehead atoms. The van der Waals surface area contributed by atoms with Gasteiger partial charge in [0.25, 0.3) is 5.91 Å². The Morgan fingerprint density at radius 3 is 2.55 bits per heavy atom. The van der Waals surface area contributed by atoms with Gasteiger partial charge >= 0.3 is 0 Å². The quantitative estimate of drug-likeness (QED) is 0.580. The van der Waals surface area contributed by atoms with Gasteiger partial charge in [-0.15, -0.1) is 0 Å². The molecule has 0 aliphatic heterocycles. The molecule has 1 unspecified atom stereocenters. The Labute approximate surface area is 169 Å². The predicted molar refractivity (Wildman–Crippen MR) is 114 cm³/mol. The zero-order valence-electron chi connectivity index (χ0n) is 16.3. The van der Waals surface area contributed by atoms with Gasteiger partial charge in [-0.1, -0.05) is 48.5 Å². The SMILES string of the molecule is CC(Nc1cc(C(=O)NC2CC2)c2ccccc2n1)C(=O)NCc1ccccc1. The summed E-state index contributed by atoms with van der Waals surface area (Å²) in [5.41, 5.74) is 2.33. The number of amides is 2. The van der Waals surface area contributed by atoms with Crippen molar-refractivity contribution in [3.05, 3.63) is 71.8 Å². The standard InChI is InChI=1S/C23H24N4O2/c1-15(22(28)24-14-16-7-3-2-4-8-16)25-21-13-19(23(29)26-17-11-12-17)18-9-5-6-10-20(18)27-21/h2-10,13,15,17H,11-12,14H2,1H3,(H,24,28)(H,25,27)(H,26,29). The first-order valence-electron chi connectivity index (χ1n) is 9.89. The Balaban J connectivity index is 1.49. The maximum atomic E-state index is 12.7. The molecule has 1 fully saturated rings. The summed E-state index contributed by atoms with van der Waals surface area (Å²) in [4.78, 5) is 29.8. The minimum Gasteiger partial charge on any atom is -0.359 e. The number of carbonyl (C=O) groups is 2. The summed E-state index contributed by atoms with van der Waals surface area (Å²) >= 11 is 0. The summed E-state index contributed by atoms with van der Waals surface area (Å²) in [6.45, 7) is 2.24. The lowest BCUT2D eigenvalue weighted by atomic mass is 10.1. The van der Waals surface area contributed by atoms with Gasteiger partial charge < -0.3 is 16.0 Å². The maximum Gasteiger partial charge on any atom is 0.252 e. The molecule has 1 aliphatic rings. The number of rotatable bonds is 7. The smallest absolute Gasteiger partial charge is 0.252 e. The summed E-state index contributed by atoms with van der Waals surface area (Å²) < 4.78 is 0. The fourth-order valence-electron chi connectivity index (χ4n) is 3.15. The molecule has 1 aliphatic carbocycles. The molecule has 0 spiro atoms. The molecule has 29 heavy (non-hydrogen) atoms. The lowest BCUT2D eigenvalue weighted by Gasteiger charge is -2.16. The second kappa shape index (κ2) is 8.31. The van der Waals surface area contributed by atoms with Gasteiger partial charge in [0, 0.05) is 18.0 Å². The Hall–Kier alpha value is -3.41. The predicted octanol–water partition coefficient (Wildman–Crippen LogP) is 3.24. The van der Waals surface area contributed by atoms with Crippen molar-refractivity contribution in [1.82, 2.24) is 15.6 Å². The van der Waals surface area contributed by atoms with Gasteiger partial charge in [-0.2, -0.15) is 0 Å². The lowest BCUT2D eigenvalue weighted by Crippen LogP contribution is -2.37. The molecule has 0 saturated heterocycles. The number of nitrogens with zero attached hydrogens (tertiary/aromatic N) is 1. The van der Waals surface area contributed by atoms with Crippen LogP contribution in [0.2, 0.25) is 0 Å². The van der Waals surface area contributed by atoms with Gasteiger partial charge in [0.15, 0.2) is 0 Å². The van der Waals surface area contributed by atoms with Crippen LogP contribution >= 0.6 is 0 Å². The number of hydrogen-bond donors (Lipinski definition) is 3. The number of carbonyl (C=O) groups excluding carboxylic acids is 2. The molecule has 148 valence electrons. The third-order valence-electron chi connectivity index (χ3n) is 4.94. The summed E-state index contributed by atoms with van der Waals surface area (Å²) in [6.07, 6.45) is 2.05. The van der Waals surface area contributed by atoms with Crippen molar-refractivity contribution in [1.29, 1.82) is 0 Å². The second-order valence-electron chi connectivity index (χ2n) is 7.39. The summed E-state index contributed by atoms with van der Waals surface area (Å²) in [6, 6.07) is 18.8. The van der Waals surface area contributed by atoms with Crippen LogP contribution in [0.5, 0.6) is 0 Å². The van der Waals surface area contributed by atoms with Crippen LogP contribution in [0.15, 0.2) is 60.7 Å². The Bertz CT molecular complexity index is 1030. The first kappa shape index (κ1) is 18.9. The largest absolute Gasteiger partial charge is 0.359 e. The minimum absolute atomic E-state index is 0.102. The number of hydrogen-bond acceptors (Lipinski definition) is 4. The van der Waals surface area contributed by atoms with Crippen molar-refractivity contribution in [3.63, 3.8) is 0 Å². The topological polar surface area (TPSA) is 83.1 Å². The number of para-hydroxylation sites is 1. The number of anilines is 1. The summed E-state index contributed by atoms with van der Waals surface area (Å²) in [7, 11) is 0. The number of nitrogens with one attached hydrogen (secondary N) is 3. The Morgan fingerprint density at radius 2 is 1.79 bits per heavy atom. The van der Waals surface area contributed by atoms with E-state index in [2.05, 4.69) is 20.9 Å². The van der Waals surface area contributed by atoms with E-state index in [1.54, 1.807) is 13.0 Å². The zero-order chi connectivity index (χ0) is 20.2. The number of pyridine rings is 1. The van der Waals surface area contributed by atoms with Gasteiger partial charge in [0.2, 0.25) is 5.91 Å². The van der Waals surface area contributed by atoms with E-state index in [4.69, 9.17) is 0 Å². The molecule has 2 amide bonds. The summed E-state index contributed by atoms with van der Waals surface area (Å²) in [5.74, 6) is 0.273. The van der Waals surface area contributed by atoms with Crippen LogP contribution < -0.4 is 16.0 Å². The van der Waals surface area contributed by atoms with Crippen LogP contribution in [-0.4, -0.2) is 28.9 Å². The molecule has 3 aromatic rings. The van der Waals surface area contributed by atoms with E-state index < -0.39 is 6.04 Å². The second-order valence-corrected chi connectivity index (χ2v) is 7.39. The molecule has 1 aromatic heterocycles. The van der Waals surface area contributed by atoms with E-state index >= 15 is 0 Å². The van der Waals surface area contributed by atoms with Crippen LogP contribution in [0.4, 0.5) is 5.82 Å². The molecular formula is C23H24N4O2. The maximum absolute atomic E-state index is 12.7. The highest BCUT2D eigenvalue weighted by molar-refractivity contribution is 6.07. The normalized spacial score (nSPS) is 14.2. The highest BCUT2D eigenvalue weighted by atomic mass is 16.2. The van der Waals surface area contributed by atoms with E-state index in [1.807, 2.05) is 54.6 Å². The first-order chi connectivity index (χ1) is 14.1. The van der Waals surface area contributed by atoms with Crippen LogP contribution in [0.25, 0.3) is 10.9 Å². The van der Waals surface area contributed by atoms with Crippen molar-refractivity contribution in [2.24, 2.45) is 0 Å². The van der Waals surface area contributed by atoms with Crippen molar-refractivity contribution in [2.75, 3.05) is 5.32 Å². The Kier molecular flexibility index (Phi) is 5.42. The molecule has 1 saturated carbocycles. The van der Waals surface area contributed by atoms with E-state index in [0.717, 1.165) is 29.3 Å². The molecule has 6 heteroatoms. The monoisotopic (exact) mass is 388 g/mol. The summed E-state index contributed by atoms with van der Waals surface area (Å²) in [5, 5.41) is 9.88. The van der Waals surface area contributed by atoms with Crippen LogP contribution in [0, 0.1) is 0 Å². The number of benzene rings is 2. The van der Waals surface area contributed by atoms with Gasteiger partial charge in [-0.3, -0.25) is 9.59 Å². The molecule has 6 nitrogen and oxygen atoms in total. The third-order valence-corrected chi connectivity index (χ3v) is 4.94. The molecular weight excluding hydrogens is 364 g/mol. The third kappa shape index (κ3) is 4.71. The molecule has 3 N–H and O–H groups in total. The van der Waals surface area contributed by atoms with Gasteiger partial charge in [0.05, 0.1) is 11.1 Å². The van der Waals surface area contributed by atoms with Crippen molar-refractivity contribution in [3.8, 4) is 0 Å². The highest BCUT2D eigenvalue weighted by Crippen LogP contribution is 2.24. The molecule has 2 aromatic carbocycles. The van der Waals surface area contributed by atoms with Crippen LogP contribution in [0.1, 0.15) is 35.7 Å².